The van der Waals surface area contributed by atoms with E-state index in [9.17, 15) is 4.79 Å². The van der Waals surface area contributed by atoms with Crippen LogP contribution in [0.2, 0.25) is 0 Å². The van der Waals surface area contributed by atoms with Crippen molar-refractivity contribution in [3.8, 4) is 0 Å². The van der Waals surface area contributed by atoms with Gasteiger partial charge in [0.1, 0.15) is 0 Å². The van der Waals surface area contributed by atoms with Gasteiger partial charge < -0.3 is 15.2 Å². The van der Waals surface area contributed by atoms with E-state index in [0.717, 1.165) is 18.5 Å². The van der Waals surface area contributed by atoms with E-state index in [1.165, 1.54) is 18.4 Å². The zero-order chi connectivity index (χ0) is 14.4. The minimum Gasteiger partial charge on any atom is -0.479 e. The number of unbranched alkanes of at least 4 members (excludes halogenated alkanes) is 1. The Bertz CT molecular complexity index is 430. The van der Waals surface area contributed by atoms with Gasteiger partial charge in [-0.15, -0.1) is 0 Å². The average Bonchev–Trinajstić information content (AvgIpc) is 2.93. The van der Waals surface area contributed by atoms with Gasteiger partial charge in [-0.2, -0.15) is 0 Å². The quantitative estimate of drug-likeness (QED) is 0.804. The fraction of sp³-hybridized carbons (Fsp3) is 0.562. The Labute approximate surface area is 120 Å². The molecule has 0 amide bonds. The van der Waals surface area contributed by atoms with Gasteiger partial charge in [-0.05, 0) is 43.4 Å². The number of ether oxygens (including phenoxy) is 1. The number of aliphatic carboxylic acids is 1. The Morgan fingerprint density at radius 1 is 1.35 bits per heavy atom. The molecule has 1 aliphatic heterocycles. The highest BCUT2D eigenvalue weighted by molar-refractivity contribution is 5.72. The maximum Gasteiger partial charge on any atom is 0.332 e. The molecule has 0 saturated carbocycles. The fourth-order valence-electron chi connectivity index (χ4n) is 2.44. The minimum atomic E-state index is -0.854. The van der Waals surface area contributed by atoms with Crippen LogP contribution in [-0.2, 0) is 16.0 Å². The molecule has 2 atom stereocenters. The van der Waals surface area contributed by atoms with Gasteiger partial charge >= 0.3 is 5.97 Å². The Hall–Kier alpha value is -1.55. The molecule has 1 aromatic carbocycles. The van der Waals surface area contributed by atoms with Crippen molar-refractivity contribution in [2.75, 3.05) is 11.9 Å². The van der Waals surface area contributed by atoms with E-state index >= 15 is 0 Å². The summed E-state index contributed by atoms with van der Waals surface area (Å²) in [5.41, 5.74) is 2.42. The monoisotopic (exact) mass is 277 g/mol. The van der Waals surface area contributed by atoms with Crippen molar-refractivity contribution in [2.24, 2.45) is 0 Å². The molecule has 0 bridgehead atoms. The number of benzene rings is 1. The highest BCUT2D eigenvalue weighted by atomic mass is 16.5. The first-order chi connectivity index (χ1) is 9.69. The van der Waals surface area contributed by atoms with Crippen LogP contribution in [0.4, 0.5) is 5.69 Å². The molecular formula is C16H23NO3. The molecule has 2 unspecified atom stereocenters. The normalized spacial score (nSPS) is 21.9. The van der Waals surface area contributed by atoms with Gasteiger partial charge in [-0.1, -0.05) is 25.5 Å². The molecule has 0 radical (unpaired) electrons. The molecule has 1 heterocycles. The van der Waals surface area contributed by atoms with E-state index in [1.54, 1.807) is 0 Å². The first-order valence-corrected chi connectivity index (χ1v) is 7.40. The van der Waals surface area contributed by atoms with E-state index in [4.69, 9.17) is 9.84 Å². The molecule has 0 spiro atoms. The molecule has 4 nitrogen and oxygen atoms in total. The van der Waals surface area contributed by atoms with Crippen LogP contribution in [0.1, 0.15) is 38.2 Å². The number of hydrogen-bond acceptors (Lipinski definition) is 3. The smallest absolute Gasteiger partial charge is 0.332 e. The fourth-order valence-corrected chi connectivity index (χ4v) is 2.44. The summed E-state index contributed by atoms with van der Waals surface area (Å²) in [6, 6.07) is 8.45. The lowest BCUT2D eigenvalue weighted by Gasteiger charge is -2.13. The summed E-state index contributed by atoms with van der Waals surface area (Å²) in [4.78, 5) is 10.8. The van der Waals surface area contributed by atoms with Gasteiger partial charge in [0.25, 0.3) is 0 Å². The number of hydrogen-bond donors (Lipinski definition) is 2. The molecule has 4 heteroatoms. The van der Waals surface area contributed by atoms with Crippen LogP contribution in [0.25, 0.3) is 0 Å². The second kappa shape index (κ2) is 7.29. The maximum atomic E-state index is 10.8. The summed E-state index contributed by atoms with van der Waals surface area (Å²) in [7, 11) is 0. The Kier molecular flexibility index (Phi) is 5.41. The molecule has 0 aliphatic carbocycles. The molecule has 1 saturated heterocycles. The van der Waals surface area contributed by atoms with Crippen LogP contribution >= 0.6 is 0 Å². The molecule has 2 rings (SSSR count). The lowest BCUT2D eigenvalue weighted by Crippen LogP contribution is -2.24. The van der Waals surface area contributed by atoms with Crippen molar-refractivity contribution in [2.45, 2.75) is 51.2 Å². The van der Waals surface area contributed by atoms with Crippen LogP contribution in [0.15, 0.2) is 24.3 Å². The van der Waals surface area contributed by atoms with Crippen molar-refractivity contribution in [3.63, 3.8) is 0 Å². The predicted molar refractivity (Wildman–Crippen MR) is 79.1 cm³/mol. The highest BCUT2D eigenvalue weighted by Crippen LogP contribution is 2.20. The largest absolute Gasteiger partial charge is 0.479 e. The summed E-state index contributed by atoms with van der Waals surface area (Å²) in [5, 5.41) is 12.2. The van der Waals surface area contributed by atoms with Crippen LogP contribution < -0.4 is 5.32 Å². The van der Waals surface area contributed by atoms with Gasteiger partial charge in [0, 0.05) is 12.2 Å². The van der Waals surface area contributed by atoms with Crippen LogP contribution in [-0.4, -0.2) is 29.8 Å². The first kappa shape index (κ1) is 14.9. The Morgan fingerprint density at radius 2 is 2.10 bits per heavy atom. The summed E-state index contributed by atoms with van der Waals surface area (Å²) in [6.45, 7) is 2.86. The summed E-state index contributed by atoms with van der Waals surface area (Å²) < 4.78 is 5.46. The van der Waals surface area contributed by atoms with Gasteiger partial charge in [0.2, 0.25) is 0 Å². The van der Waals surface area contributed by atoms with E-state index in [-0.39, 0.29) is 6.10 Å². The molecule has 110 valence electrons. The zero-order valence-corrected chi connectivity index (χ0v) is 12.0. The molecule has 1 aromatic rings. The minimum absolute atomic E-state index is 0.00383. The molecular weight excluding hydrogens is 254 g/mol. The van der Waals surface area contributed by atoms with Crippen molar-refractivity contribution in [1.29, 1.82) is 0 Å². The first-order valence-electron chi connectivity index (χ1n) is 7.40. The molecule has 20 heavy (non-hydrogen) atoms. The number of anilines is 1. The number of aryl methyl sites for hydroxylation is 1. The standard InChI is InChI=1S/C16H23NO3/c1-2-3-4-12-5-7-13(8-6-12)17-11-14-9-10-15(20-14)16(18)19/h5-8,14-15,17H,2-4,9-11H2,1H3,(H,18,19). The summed E-state index contributed by atoms with van der Waals surface area (Å²) in [5.74, 6) is -0.854. The lowest BCUT2D eigenvalue weighted by atomic mass is 10.1. The topological polar surface area (TPSA) is 58.6 Å². The number of carbonyl (C=O) groups is 1. The maximum absolute atomic E-state index is 10.8. The van der Waals surface area contributed by atoms with E-state index < -0.39 is 12.1 Å². The second-order valence-corrected chi connectivity index (χ2v) is 5.34. The number of rotatable bonds is 7. The lowest BCUT2D eigenvalue weighted by molar-refractivity contribution is -0.149. The van der Waals surface area contributed by atoms with E-state index in [2.05, 4.69) is 36.5 Å². The van der Waals surface area contributed by atoms with Gasteiger partial charge in [0.05, 0.1) is 6.10 Å². The van der Waals surface area contributed by atoms with Gasteiger partial charge in [-0.25, -0.2) is 4.79 Å². The van der Waals surface area contributed by atoms with E-state index in [0.29, 0.717) is 13.0 Å². The van der Waals surface area contributed by atoms with Crippen LogP contribution in [0, 0.1) is 0 Å². The zero-order valence-electron chi connectivity index (χ0n) is 12.0. The highest BCUT2D eigenvalue weighted by Gasteiger charge is 2.30. The molecule has 0 aromatic heterocycles. The molecule has 1 fully saturated rings. The third-order valence-corrected chi connectivity index (χ3v) is 3.69. The van der Waals surface area contributed by atoms with E-state index in [1.807, 2.05) is 0 Å². The van der Waals surface area contributed by atoms with Crippen molar-refractivity contribution < 1.29 is 14.6 Å². The third kappa shape index (κ3) is 4.23. The Morgan fingerprint density at radius 3 is 2.70 bits per heavy atom. The molecule has 1 aliphatic rings. The second-order valence-electron chi connectivity index (χ2n) is 5.34. The predicted octanol–water partition coefficient (Wildman–Crippen LogP) is 3.07. The third-order valence-electron chi connectivity index (χ3n) is 3.69. The Balaban J connectivity index is 1.75. The number of nitrogens with one attached hydrogen (secondary N) is 1. The van der Waals surface area contributed by atoms with Gasteiger partial charge in [-0.3, -0.25) is 0 Å². The number of carboxylic acids is 1. The molecule has 2 N–H and O–H groups in total. The average molecular weight is 277 g/mol. The summed E-state index contributed by atoms with van der Waals surface area (Å²) in [6.07, 6.45) is 4.34. The van der Waals surface area contributed by atoms with Crippen molar-refractivity contribution in [1.82, 2.24) is 0 Å². The number of carboxylic acid groups (broad SMARTS) is 1. The SMILES string of the molecule is CCCCc1ccc(NCC2CCC(C(=O)O)O2)cc1. The van der Waals surface area contributed by atoms with Crippen LogP contribution in [0.3, 0.4) is 0 Å². The van der Waals surface area contributed by atoms with Crippen molar-refractivity contribution in [3.05, 3.63) is 29.8 Å². The van der Waals surface area contributed by atoms with Gasteiger partial charge in [0.15, 0.2) is 6.10 Å². The summed E-state index contributed by atoms with van der Waals surface area (Å²) >= 11 is 0. The van der Waals surface area contributed by atoms with Crippen molar-refractivity contribution >= 4 is 11.7 Å². The van der Waals surface area contributed by atoms with Crippen LogP contribution in [0.5, 0.6) is 0 Å².